The zero-order valence-corrected chi connectivity index (χ0v) is 13.0. The highest BCUT2D eigenvalue weighted by atomic mass is 35.5. The average molecular weight is 318 g/mol. The van der Waals surface area contributed by atoms with Gasteiger partial charge in [0.15, 0.2) is 0 Å². The van der Waals surface area contributed by atoms with Gasteiger partial charge in [0, 0.05) is 31.3 Å². The fourth-order valence-corrected chi connectivity index (χ4v) is 3.25. The molecule has 0 aliphatic carbocycles. The summed E-state index contributed by atoms with van der Waals surface area (Å²) in [5, 5.41) is 11.5. The van der Waals surface area contributed by atoms with Gasteiger partial charge in [-0.3, -0.25) is 10.1 Å². The number of nitrogens with zero attached hydrogens (tertiary/aromatic N) is 3. The van der Waals surface area contributed by atoms with E-state index in [1.807, 2.05) is 14.1 Å². The van der Waals surface area contributed by atoms with E-state index in [0.717, 1.165) is 25.9 Å². The summed E-state index contributed by atoms with van der Waals surface area (Å²) >= 11 is 12.4. The lowest BCUT2D eigenvalue weighted by Crippen LogP contribution is -2.45. The summed E-state index contributed by atoms with van der Waals surface area (Å²) in [4.78, 5) is 14.6. The molecule has 0 spiro atoms. The molecule has 5 nitrogen and oxygen atoms in total. The van der Waals surface area contributed by atoms with Gasteiger partial charge in [0.2, 0.25) is 0 Å². The predicted molar refractivity (Wildman–Crippen MR) is 82.0 cm³/mol. The minimum atomic E-state index is -0.486. The van der Waals surface area contributed by atoms with Gasteiger partial charge in [0.25, 0.3) is 5.69 Å². The molecular weight excluding hydrogens is 301 g/mol. The van der Waals surface area contributed by atoms with Crippen molar-refractivity contribution in [3.8, 4) is 0 Å². The third kappa shape index (κ3) is 3.16. The molecule has 1 aromatic rings. The highest BCUT2D eigenvalue weighted by molar-refractivity contribution is 6.39. The van der Waals surface area contributed by atoms with E-state index >= 15 is 0 Å². The summed E-state index contributed by atoms with van der Waals surface area (Å²) in [5.74, 6) is 0. The maximum Gasteiger partial charge on any atom is 0.272 e. The minimum absolute atomic E-state index is 0.0788. The number of non-ortho nitro benzene ring substituents is 1. The summed E-state index contributed by atoms with van der Waals surface area (Å²) in [6.45, 7) is 1.69. The Balaban J connectivity index is 2.30. The van der Waals surface area contributed by atoms with Crippen molar-refractivity contribution in [2.45, 2.75) is 18.9 Å². The third-order valence-corrected chi connectivity index (χ3v) is 4.23. The van der Waals surface area contributed by atoms with Crippen molar-refractivity contribution in [2.24, 2.45) is 0 Å². The number of benzene rings is 1. The molecule has 0 radical (unpaired) electrons. The first-order valence-electron chi connectivity index (χ1n) is 6.45. The Labute approximate surface area is 128 Å². The lowest BCUT2D eigenvalue weighted by Gasteiger charge is -2.38. The first kappa shape index (κ1) is 15.4. The molecule has 0 N–H and O–H groups in total. The number of halogens is 2. The quantitative estimate of drug-likeness (QED) is 0.633. The van der Waals surface area contributed by atoms with E-state index in [2.05, 4.69) is 9.80 Å². The number of anilines is 1. The lowest BCUT2D eigenvalue weighted by atomic mass is 10.0. The molecule has 0 aromatic heterocycles. The summed E-state index contributed by atoms with van der Waals surface area (Å²) < 4.78 is 0. The molecule has 1 unspecified atom stereocenters. The molecule has 1 saturated heterocycles. The number of rotatable bonds is 3. The summed E-state index contributed by atoms with van der Waals surface area (Å²) in [5.41, 5.74) is 0.621. The fraction of sp³-hybridized carbons (Fsp3) is 0.538. The van der Waals surface area contributed by atoms with Crippen LogP contribution in [0.15, 0.2) is 12.1 Å². The highest BCUT2D eigenvalue weighted by Crippen LogP contribution is 2.38. The molecule has 2 rings (SSSR count). The van der Waals surface area contributed by atoms with Crippen LogP contribution in [0.1, 0.15) is 12.8 Å². The van der Waals surface area contributed by atoms with E-state index in [1.165, 1.54) is 12.1 Å². The van der Waals surface area contributed by atoms with Crippen LogP contribution in [0.4, 0.5) is 11.4 Å². The van der Waals surface area contributed by atoms with Gasteiger partial charge < -0.3 is 9.80 Å². The van der Waals surface area contributed by atoms with Crippen LogP contribution in [0.25, 0.3) is 0 Å². The average Bonchev–Trinajstić information content (AvgIpc) is 2.38. The minimum Gasteiger partial charge on any atom is -0.368 e. The first-order valence-corrected chi connectivity index (χ1v) is 7.20. The van der Waals surface area contributed by atoms with Crippen molar-refractivity contribution in [3.63, 3.8) is 0 Å². The van der Waals surface area contributed by atoms with Crippen LogP contribution in [0.5, 0.6) is 0 Å². The Hall–Kier alpha value is -1.04. The van der Waals surface area contributed by atoms with E-state index in [4.69, 9.17) is 23.2 Å². The van der Waals surface area contributed by atoms with Gasteiger partial charge in [-0.05, 0) is 26.9 Å². The molecule has 7 heteroatoms. The maximum atomic E-state index is 10.8. The van der Waals surface area contributed by atoms with Crippen molar-refractivity contribution >= 4 is 34.6 Å². The van der Waals surface area contributed by atoms with Crippen molar-refractivity contribution in [2.75, 3.05) is 32.1 Å². The Morgan fingerprint density at radius 1 is 1.35 bits per heavy atom. The summed E-state index contributed by atoms with van der Waals surface area (Å²) in [7, 11) is 4.10. The summed E-state index contributed by atoms with van der Waals surface area (Å²) in [6.07, 6.45) is 2.18. The number of nitro benzene ring substituents is 1. The first-order chi connectivity index (χ1) is 9.40. The number of nitro groups is 1. The molecule has 1 aliphatic heterocycles. The molecule has 1 aliphatic rings. The number of hydrogen-bond acceptors (Lipinski definition) is 4. The molecule has 110 valence electrons. The van der Waals surface area contributed by atoms with E-state index in [9.17, 15) is 10.1 Å². The molecule has 0 amide bonds. The molecule has 1 atom stereocenters. The van der Waals surface area contributed by atoms with E-state index in [0.29, 0.717) is 21.8 Å². The van der Waals surface area contributed by atoms with Gasteiger partial charge in [-0.15, -0.1) is 0 Å². The van der Waals surface area contributed by atoms with Crippen LogP contribution in [0, 0.1) is 10.1 Å². The van der Waals surface area contributed by atoms with Gasteiger partial charge in [-0.2, -0.15) is 0 Å². The molecular formula is C13H17Cl2N3O2. The highest BCUT2D eigenvalue weighted by Gasteiger charge is 2.26. The fourth-order valence-electron chi connectivity index (χ4n) is 2.54. The predicted octanol–water partition coefficient (Wildman–Crippen LogP) is 3.43. The topological polar surface area (TPSA) is 49.6 Å². The van der Waals surface area contributed by atoms with Gasteiger partial charge >= 0.3 is 0 Å². The molecule has 1 fully saturated rings. The second-order valence-electron chi connectivity index (χ2n) is 5.22. The van der Waals surface area contributed by atoms with Crippen molar-refractivity contribution in [1.82, 2.24) is 4.90 Å². The number of hydrogen-bond donors (Lipinski definition) is 0. The normalized spacial score (nSPS) is 19.4. The zero-order valence-electron chi connectivity index (χ0n) is 11.5. The van der Waals surface area contributed by atoms with Gasteiger partial charge in [0.1, 0.15) is 0 Å². The van der Waals surface area contributed by atoms with Crippen LogP contribution in [0.2, 0.25) is 10.0 Å². The number of likely N-dealkylation sites (N-methyl/N-ethyl adjacent to an activating group) is 1. The molecule has 0 bridgehead atoms. The zero-order chi connectivity index (χ0) is 14.9. The Morgan fingerprint density at radius 2 is 1.95 bits per heavy atom. The standard InChI is InChI=1S/C13H17Cl2N3O2/c1-16(2)9-4-3-5-17(8-9)13-11(14)6-10(18(19)20)7-12(13)15/h6-7,9H,3-5,8H2,1-2H3. The van der Waals surface area contributed by atoms with Gasteiger partial charge in [-0.1, -0.05) is 23.2 Å². The maximum absolute atomic E-state index is 10.8. The monoisotopic (exact) mass is 317 g/mol. The van der Waals surface area contributed by atoms with Gasteiger partial charge in [-0.25, -0.2) is 0 Å². The summed E-state index contributed by atoms with van der Waals surface area (Å²) in [6, 6.07) is 3.16. The largest absolute Gasteiger partial charge is 0.368 e. The van der Waals surface area contributed by atoms with Crippen molar-refractivity contribution < 1.29 is 4.92 Å². The second-order valence-corrected chi connectivity index (χ2v) is 6.04. The smallest absolute Gasteiger partial charge is 0.272 e. The lowest BCUT2D eigenvalue weighted by molar-refractivity contribution is -0.384. The van der Waals surface area contributed by atoms with E-state index in [1.54, 1.807) is 0 Å². The second kappa shape index (κ2) is 6.16. The van der Waals surface area contributed by atoms with E-state index in [-0.39, 0.29) is 5.69 Å². The van der Waals surface area contributed by atoms with Crippen LogP contribution < -0.4 is 4.90 Å². The Bertz CT molecular complexity index is 499. The number of piperidine rings is 1. The van der Waals surface area contributed by atoms with Crippen LogP contribution >= 0.6 is 23.2 Å². The molecule has 1 aromatic carbocycles. The molecule has 20 heavy (non-hydrogen) atoms. The van der Waals surface area contributed by atoms with E-state index < -0.39 is 4.92 Å². The van der Waals surface area contributed by atoms with Crippen LogP contribution in [-0.2, 0) is 0 Å². The SMILES string of the molecule is CN(C)C1CCCN(c2c(Cl)cc([N+](=O)[O-])cc2Cl)C1. The Kier molecular flexibility index (Phi) is 4.73. The van der Waals surface area contributed by atoms with Crippen LogP contribution in [-0.4, -0.2) is 43.0 Å². The third-order valence-electron chi connectivity index (χ3n) is 3.66. The van der Waals surface area contributed by atoms with Crippen molar-refractivity contribution in [3.05, 3.63) is 32.3 Å². The Morgan fingerprint density at radius 3 is 2.45 bits per heavy atom. The molecule has 0 saturated carbocycles. The molecule has 1 heterocycles. The van der Waals surface area contributed by atoms with Gasteiger partial charge in [0.05, 0.1) is 20.7 Å². The van der Waals surface area contributed by atoms with Crippen molar-refractivity contribution in [1.29, 1.82) is 0 Å². The van der Waals surface area contributed by atoms with Crippen LogP contribution in [0.3, 0.4) is 0 Å².